The van der Waals surface area contributed by atoms with E-state index in [2.05, 4.69) is 18.3 Å². The minimum absolute atomic E-state index is 0.256. The molecule has 1 N–H and O–H groups in total. The molecule has 1 aromatic rings. The van der Waals surface area contributed by atoms with Crippen molar-refractivity contribution in [2.24, 2.45) is 0 Å². The third kappa shape index (κ3) is 3.15. The first-order valence-electron chi connectivity index (χ1n) is 6.34. The first-order chi connectivity index (χ1) is 8.15. The molecule has 0 amide bonds. The van der Waals surface area contributed by atoms with E-state index in [1.165, 1.54) is 31.2 Å². The zero-order valence-corrected chi connectivity index (χ0v) is 11.7. The third-order valence-corrected chi connectivity index (χ3v) is 4.19. The first kappa shape index (κ1) is 13.2. The normalized spacial score (nSPS) is 24.2. The molecular formula is C14H19Cl2N. The van der Waals surface area contributed by atoms with Crippen molar-refractivity contribution in [3.05, 3.63) is 33.8 Å². The van der Waals surface area contributed by atoms with Gasteiger partial charge in [0.1, 0.15) is 0 Å². The van der Waals surface area contributed by atoms with Crippen LogP contribution in [-0.2, 0) is 6.42 Å². The van der Waals surface area contributed by atoms with Gasteiger partial charge in [-0.1, -0.05) is 42.6 Å². The Hall–Kier alpha value is -0.240. The quantitative estimate of drug-likeness (QED) is 0.853. The van der Waals surface area contributed by atoms with Crippen LogP contribution in [0.5, 0.6) is 0 Å². The first-order valence-corrected chi connectivity index (χ1v) is 7.10. The van der Waals surface area contributed by atoms with Crippen molar-refractivity contribution < 1.29 is 0 Å². The van der Waals surface area contributed by atoms with Crippen LogP contribution in [0.4, 0.5) is 0 Å². The Morgan fingerprint density at radius 3 is 2.76 bits per heavy atom. The molecule has 17 heavy (non-hydrogen) atoms. The zero-order chi connectivity index (χ0) is 12.3. The predicted octanol–water partition coefficient (Wildman–Crippen LogP) is 4.46. The van der Waals surface area contributed by atoms with Crippen molar-refractivity contribution in [1.29, 1.82) is 0 Å². The Labute approximate surface area is 114 Å². The lowest BCUT2D eigenvalue weighted by Gasteiger charge is -2.30. The summed E-state index contributed by atoms with van der Waals surface area (Å²) >= 11 is 12.2. The van der Waals surface area contributed by atoms with E-state index >= 15 is 0 Å². The number of hydrogen-bond donors (Lipinski definition) is 1. The van der Waals surface area contributed by atoms with E-state index in [-0.39, 0.29) is 5.54 Å². The molecule has 0 spiro atoms. The van der Waals surface area contributed by atoms with Crippen molar-refractivity contribution in [1.82, 2.24) is 5.32 Å². The van der Waals surface area contributed by atoms with Crippen LogP contribution in [0.1, 0.15) is 38.2 Å². The molecule has 0 bridgehead atoms. The molecule has 1 aliphatic heterocycles. The van der Waals surface area contributed by atoms with Crippen LogP contribution < -0.4 is 5.32 Å². The van der Waals surface area contributed by atoms with Gasteiger partial charge in [0.25, 0.3) is 0 Å². The molecule has 0 aliphatic carbocycles. The molecule has 0 radical (unpaired) electrons. The highest BCUT2D eigenvalue weighted by atomic mass is 35.5. The summed E-state index contributed by atoms with van der Waals surface area (Å²) in [7, 11) is 0. The van der Waals surface area contributed by atoms with Gasteiger partial charge in [-0.2, -0.15) is 0 Å². The van der Waals surface area contributed by atoms with Crippen LogP contribution in [0, 0.1) is 0 Å². The molecule has 1 fully saturated rings. The molecular weight excluding hydrogens is 253 g/mol. The molecule has 94 valence electrons. The molecule has 1 unspecified atom stereocenters. The Morgan fingerprint density at radius 1 is 1.35 bits per heavy atom. The van der Waals surface area contributed by atoms with Gasteiger partial charge in [-0.15, -0.1) is 0 Å². The second kappa shape index (κ2) is 5.60. The largest absolute Gasteiger partial charge is 0.311 e. The molecule has 3 heteroatoms. The minimum atomic E-state index is 0.256. The lowest BCUT2D eigenvalue weighted by Crippen LogP contribution is -2.41. The fourth-order valence-electron chi connectivity index (χ4n) is 2.83. The van der Waals surface area contributed by atoms with Gasteiger partial charge in [-0.3, -0.25) is 0 Å². The molecule has 0 aromatic heterocycles. The second-order valence-corrected chi connectivity index (χ2v) is 5.82. The van der Waals surface area contributed by atoms with E-state index in [9.17, 15) is 0 Å². The summed E-state index contributed by atoms with van der Waals surface area (Å²) in [5.41, 5.74) is 1.46. The number of halogens is 2. The lowest BCUT2D eigenvalue weighted by atomic mass is 9.85. The van der Waals surface area contributed by atoms with E-state index < -0.39 is 0 Å². The van der Waals surface area contributed by atoms with Crippen LogP contribution in [0.3, 0.4) is 0 Å². The molecule has 1 heterocycles. The Kier molecular flexibility index (Phi) is 4.35. The van der Waals surface area contributed by atoms with Crippen molar-refractivity contribution >= 4 is 23.2 Å². The van der Waals surface area contributed by atoms with Crippen molar-refractivity contribution in [2.75, 3.05) is 6.54 Å². The van der Waals surface area contributed by atoms with Crippen LogP contribution in [0.15, 0.2) is 18.2 Å². The number of rotatable bonds is 4. The number of nitrogens with one attached hydrogen (secondary N) is 1. The number of hydrogen-bond acceptors (Lipinski definition) is 1. The maximum absolute atomic E-state index is 6.26. The van der Waals surface area contributed by atoms with Crippen molar-refractivity contribution in [3.63, 3.8) is 0 Å². The summed E-state index contributed by atoms with van der Waals surface area (Å²) in [5.74, 6) is 0. The predicted molar refractivity (Wildman–Crippen MR) is 75.0 cm³/mol. The average Bonchev–Trinajstić information content (AvgIpc) is 2.72. The molecule has 1 atom stereocenters. The molecule has 0 saturated carbocycles. The van der Waals surface area contributed by atoms with E-state index in [1.54, 1.807) is 0 Å². The highest BCUT2D eigenvalue weighted by Gasteiger charge is 2.32. The van der Waals surface area contributed by atoms with Crippen molar-refractivity contribution in [3.8, 4) is 0 Å². The maximum Gasteiger partial charge on any atom is 0.0453 e. The fourth-order valence-corrected chi connectivity index (χ4v) is 3.30. The highest BCUT2D eigenvalue weighted by Crippen LogP contribution is 2.32. The molecule has 1 aliphatic rings. The lowest BCUT2D eigenvalue weighted by molar-refractivity contribution is 0.342. The summed E-state index contributed by atoms with van der Waals surface area (Å²) in [4.78, 5) is 0. The van der Waals surface area contributed by atoms with Gasteiger partial charge < -0.3 is 5.32 Å². The molecule has 2 rings (SSSR count). The van der Waals surface area contributed by atoms with Gasteiger partial charge in [0.15, 0.2) is 0 Å². The fraction of sp³-hybridized carbons (Fsp3) is 0.571. The van der Waals surface area contributed by atoms with E-state index in [0.717, 1.165) is 18.0 Å². The molecule has 1 aromatic carbocycles. The van der Waals surface area contributed by atoms with Gasteiger partial charge >= 0.3 is 0 Å². The van der Waals surface area contributed by atoms with E-state index in [4.69, 9.17) is 23.2 Å². The standard InChI is InChI=1S/C14H19Cl2N/c1-2-6-14(7-3-8-17-14)10-11-4-5-12(15)9-13(11)16/h4-5,9,17H,2-3,6-8,10H2,1H3. The van der Waals surface area contributed by atoms with E-state index in [1.807, 2.05) is 12.1 Å². The zero-order valence-electron chi connectivity index (χ0n) is 10.2. The second-order valence-electron chi connectivity index (χ2n) is 4.97. The summed E-state index contributed by atoms with van der Waals surface area (Å²) in [6.07, 6.45) is 5.95. The van der Waals surface area contributed by atoms with Gasteiger partial charge in [-0.05, 0) is 49.9 Å². The van der Waals surface area contributed by atoms with Crippen LogP contribution >= 0.6 is 23.2 Å². The Morgan fingerprint density at radius 2 is 2.18 bits per heavy atom. The topological polar surface area (TPSA) is 12.0 Å². The summed E-state index contributed by atoms with van der Waals surface area (Å²) in [6, 6.07) is 5.83. The highest BCUT2D eigenvalue weighted by molar-refractivity contribution is 6.35. The van der Waals surface area contributed by atoms with Gasteiger partial charge in [-0.25, -0.2) is 0 Å². The van der Waals surface area contributed by atoms with Crippen LogP contribution in [0.25, 0.3) is 0 Å². The maximum atomic E-state index is 6.26. The average molecular weight is 272 g/mol. The van der Waals surface area contributed by atoms with E-state index in [0.29, 0.717) is 5.02 Å². The monoisotopic (exact) mass is 271 g/mol. The molecule has 1 saturated heterocycles. The minimum Gasteiger partial charge on any atom is -0.311 e. The third-order valence-electron chi connectivity index (χ3n) is 3.60. The van der Waals surface area contributed by atoms with Gasteiger partial charge in [0.05, 0.1) is 0 Å². The van der Waals surface area contributed by atoms with Crippen molar-refractivity contribution in [2.45, 2.75) is 44.6 Å². The smallest absolute Gasteiger partial charge is 0.0453 e. The summed E-state index contributed by atoms with van der Waals surface area (Å²) in [5, 5.41) is 5.17. The van der Waals surface area contributed by atoms with Gasteiger partial charge in [0.2, 0.25) is 0 Å². The summed E-state index contributed by atoms with van der Waals surface area (Å²) < 4.78 is 0. The SMILES string of the molecule is CCCC1(Cc2ccc(Cl)cc2Cl)CCCN1. The Balaban J connectivity index is 2.17. The van der Waals surface area contributed by atoms with Gasteiger partial charge in [0, 0.05) is 15.6 Å². The number of benzene rings is 1. The molecule has 1 nitrogen and oxygen atoms in total. The van der Waals surface area contributed by atoms with Crippen LogP contribution in [-0.4, -0.2) is 12.1 Å². The summed E-state index contributed by atoms with van der Waals surface area (Å²) in [6.45, 7) is 3.37. The Bertz CT molecular complexity index is 384. The van der Waals surface area contributed by atoms with Crippen LogP contribution in [0.2, 0.25) is 10.0 Å².